The second-order valence-corrected chi connectivity index (χ2v) is 6.63. The molecule has 0 bridgehead atoms. The van der Waals surface area contributed by atoms with Gasteiger partial charge in [-0.3, -0.25) is 4.79 Å². The summed E-state index contributed by atoms with van der Waals surface area (Å²) in [6.07, 6.45) is 3.42. The molecule has 0 saturated carbocycles. The van der Waals surface area contributed by atoms with E-state index in [1.54, 1.807) is 0 Å². The molecule has 1 aliphatic rings. The van der Waals surface area contributed by atoms with E-state index in [1.807, 2.05) is 23.1 Å². The second kappa shape index (κ2) is 5.40. The van der Waals surface area contributed by atoms with E-state index in [-0.39, 0.29) is 5.91 Å². The van der Waals surface area contributed by atoms with Crippen molar-refractivity contribution in [2.45, 2.75) is 26.2 Å². The van der Waals surface area contributed by atoms with Crippen molar-refractivity contribution in [2.24, 2.45) is 5.92 Å². The smallest absolute Gasteiger partial charge is 0.253 e. The van der Waals surface area contributed by atoms with E-state index < -0.39 is 0 Å². The minimum absolute atomic E-state index is 0.132. The van der Waals surface area contributed by atoms with E-state index in [2.05, 4.69) is 11.9 Å². The van der Waals surface area contributed by atoms with Crippen LogP contribution in [0.4, 0.5) is 5.13 Å². The van der Waals surface area contributed by atoms with E-state index in [0.717, 1.165) is 47.6 Å². The van der Waals surface area contributed by atoms with Crippen molar-refractivity contribution in [3.8, 4) is 0 Å². The Bertz CT molecular complexity index is 637. The van der Waals surface area contributed by atoms with Crippen LogP contribution in [0, 0.1) is 5.92 Å². The topological polar surface area (TPSA) is 59.2 Å². The molecule has 4 nitrogen and oxygen atoms in total. The van der Waals surface area contributed by atoms with Crippen LogP contribution >= 0.6 is 11.3 Å². The maximum atomic E-state index is 12.6. The van der Waals surface area contributed by atoms with Crippen LogP contribution in [0.3, 0.4) is 0 Å². The number of carbonyl (C=O) groups is 1. The molecule has 1 atom stereocenters. The molecule has 1 amide bonds. The number of nitrogen functional groups attached to an aromatic ring is 1. The molecule has 1 fully saturated rings. The zero-order chi connectivity index (χ0) is 14.1. The van der Waals surface area contributed by atoms with Gasteiger partial charge in [-0.25, -0.2) is 4.98 Å². The average Bonchev–Trinajstić information content (AvgIpc) is 2.66. The van der Waals surface area contributed by atoms with Crippen LogP contribution in [-0.2, 0) is 0 Å². The fraction of sp³-hybridized carbons (Fsp3) is 0.467. The SMILES string of the molecule is CC1CCCN(C(=O)c2ccc3nc(N)sc3c2)CC1. The number of aromatic nitrogens is 1. The molecule has 3 rings (SSSR count). The molecule has 1 aliphatic heterocycles. The van der Waals surface area contributed by atoms with E-state index in [0.29, 0.717) is 5.13 Å². The largest absolute Gasteiger partial charge is 0.375 e. The monoisotopic (exact) mass is 289 g/mol. The Morgan fingerprint density at radius 1 is 1.40 bits per heavy atom. The summed E-state index contributed by atoms with van der Waals surface area (Å²) in [5.41, 5.74) is 7.32. The lowest BCUT2D eigenvalue weighted by Crippen LogP contribution is -2.31. The highest BCUT2D eigenvalue weighted by Crippen LogP contribution is 2.26. The molecule has 2 N–H and O–H groups in total. The molecule has 106 valence electrons. The van der Waals surface area contributed by atoms with Crippen LogP contribution in [-0.4, -0.2) is 28.9 Å². The fourth-order valence-corrected chi connectivity index (χ4v) is 3.50. The number of amides is 1. The van der Waals surface area contributed by atoms with Gasteiger partial charge in [-0.15, -0.1) is 0 Å². The predicted molar refractivity (Wildman–Crippen MR) is 83.0 cm³/mol. The first-order chi connectivity index (χ1) is 9.63. The molecule has 1 unspecified atom stereocenters. The number of hydrogen-bond acceptors (Lipinski definition) is 4. The summed E-state index contributed by atoms with van der Waals surface area (Å²) < 4.78 is 0.983. The van der Waals surface area contributed by atoms with Crippen LogP contribution in [0.1, 0.15) is 36.5 Å². The summed E-state index contributed by atoms with van der Waals surface area (Å²) in [7, 11) is 0. The van der Waals surface area contributed by atoms with Gasteiger partial charge in [-0.1, -0.05) is 18.3 Å². The van der Waals surface area contributed by atoms with Crippen LogP contribution in [0.15, 0.2) is 18.2 Å². The van der Waals surface area contributed by atoms with Gasteiger partial charge in [0.05, 0.1) is 10.2 Å². The highest BCUT2D eigenvalue weighted by Gasteiger charge is 2.20. The first-order valence-electron chi connectivity index (χ1n) is 7.09. The van der Waals surface area contributed by atoms with Gasteiger partial charge in [0.15, 0.2) is 5.13 Å². The molecule has 2 aromatic rings. The normalized spacial score (nSPS) is 20.1. The number of rotatable bonds is 1. The Morgan fingerprint density at radius 2 is 2.25 bits per heavy atom. The third-order valence-corrected chi connectivity index (χ3v) is 4.80. The summed E-state index contributed by atoms with van der Waals surface area (Å²) in [5.74, 6) is 0.851. The number of hydrogen-bond donors (Lipinski definition) is 1. The van der Waals surface area contributed by atoms with Gasteiger partial charge >= 0.3 is 0 Å². The maximum absolute atomic E-state index is 12.6. The minimum atomic E-state index is 0.132. The summed E-state index contributed by atoms with van der Waals surface area (Å²) in [6.45, 7) is 4.00. The Morgan fingerprint density at radius 3 is 3.10 bits per heavy atom. The third-order valence-electron chi connectivity index (χ3n) is 3.96. The molecular formula is C15H19N3OS. The molecule has 0 radical (unpaired) electrons. The van der Waals surface area contributed by atoms with Crippen molar-refractivity contribution >= 4 is 32.6 Å². The van der Waals surface area contributed by atoms with Gasteiger partial charge in [-0.05, 0) is 43.4 Å². The van der Waals surface area contributed by atoms with Crippen molar-refractivity contribution in [3.05, 3.63) is 23.8 Å². The summed E-state index contributed by atoms with van der Waals surface area (Å²) >= 11 is 1.43. The Balaban J connectivity index is 1.84. The van der Waals surface area contributed by atoms with Gasteiger partial charge in [0.25, 0.3) is 5.91 Å². The quantitative estimate of drug-likeness (QED) is 0.877. The molecular weight excluding hydrogens is 270 g/mol. The molecule has 2 heterocycles. The van der Waals surface area contributed by atoms with E-state index in [1.165, 1.54) is 17.8 Å². The first-order valence-corrected chi connectivity index (χ1v) is 7.90. The Kier molecular flexibility index (Phi) is 3.61. The van der Waals surface area contributed by atoms with Crippen LogP contribution in [0.2, 0.25) is 0 Å². The lowest BCUT2D eigenvalue weighted by Gasteiger charge is -2.20. The van der Waals surface area contributed by atoms with Gasteiger partial charge in [-0.2, -0.15) is 0 Å². The number of benzene rings is 1. The second-order valence-electron chi connectivity index (χ2n) is 5.56. The number of likely N-dealkylation sites (tertiary alicyclic amines) is 1. The number of thiazole rings is 1. The lowest BCUT2D eigenvalue weighted by molar-refractivity contribution is 0.0760. The Hall–Kier alpha value is -1.62. The molecule has 0 spiro atoms. The predicted octanol–water partition coefficient (Wildman–Crippen LogP) is 3.14. The van der Waals surface area contributed by atoms with Gasteiger partial charge < -0.3 is 10.6 Å². The molecule has 0 aliphatic carbocycles. The van der Waals surface area contributed by atoms with E-state index in [9.17, 15) is 4.79 Å². The van der Waals surface area contributed by atoms with Crippen molar-refractivity contribution in [2.75, 3.05) is 18.8 Å². The summed E-state index contributed by atoms with van der Waals surface area (Å²) in [4.78, 5) is 18.8. The van der Waals surface area contributed by atoms with Crippen LogP contribution < -0.4 is 5.73 Å². The third kappa shape index (κ3) is 2.63. The van der Waals surface area contributed by atoms with Crippen molar-refractivity contribution in [1.82, 2.24) is 9.88 Å². The lowest BCUT2D eigenvalue weighted by atomic mass is 10.0. The van der Waals surface area contributed by atoms with Crippen molar-refractivity contribution in [3.63, 3.8) is 0 Å². The number of fused-ring (bicyclic) bond motifs is 1. The van der Waals surface area contributed by atoms with Gasteiger partial charge in [0.1, 0.15) is 0 Å². The number of nitrogens with two attached hydrogens (primary N) is 1. The average molecular weight is 289 g/mol. The van der Waals surface area contributed by atoms with E-state index in [4.69, 9.17) is 5.73 Å². The molecule has 1 saturated heterocycles. The van der Waals surface area contributed by atoms with E-state index >= 15 is 0 Å². The van der Waals surface area contributed by atoms with Gasteiger partial charge in [0.2, 0.25) is 0 Å². The minimum Gasteiger partial charge on any atom is -0.375 e. The highest BCUT2D eigenvalue weighted by atomic mass is 32.1. The molecule has 20 heavy (non-hydrogen) atoms. The zero-order valence-corrected chi connectivity index (χ0v) is 12.4. The zero-order valence-electron chi connectivity index (χ0n) is 11.6. The molecule has 5 heteroatoms. The Labute approximate surface area is 122 Å². The number of nitrogens with zero attached hydrogens (tertiary/aromatic N) is 2. The fourth-order valence-electron chi connectivity index (χ4n) is 2.72. The molecule has 1 aromatic carbocycles. The van der Waals surface area contributed by atoms with Crippen molar-refractivity contribution in [1.29, 1.82) is 0 Å². The highest BCUT2D eigenvalue weighted by molar-refractivity contribution is 7.22. The first kappa shape index (κ1) is 13.4. The molecule has 1 aromatic heterocycles. The van der Waals surface area contributed by atoms with Crippen LogP contribution in [0.25, 0.3) is 10.2 Å². The summed E-state index contributed by atoms with van der Waals surface area (Å²) in [5, 5.41) is 0.549. The maximum Gasteiger partial charge on any atom is 0.253 e. The van der Waals surface area contributed by atoms with Gasteiger partial charge in [0, 0.05) is 18.7 Å². The van der Waals surface area contributed by atoms with Crippen molar-refractivity contribution < 1.29 is 4.79 Å². The standard InChI is InChI=1S/C15H19N3OS/c1-10-3-2-7-18(8-6-10)14(19)11-4-5-12-13(9-11)20-15(16)17-12/h4-5,9-10H,2-3,6-8H2,1H3,(H2,16,17). The number of anilines is 1. The summed E-state index contributed by atoms with van der Waals surface area (Å²) in [6, 6.07) is 5.66. The van der Waals surface area contributed by atoms with Crippen LogP contribution in [0.5, 0.6) is 0 Å². The number of carbonyl (C=O) groups excluding carboxylic acids is 1.